The summed E-state index contributed by atoms with van der Waals surface area (Å²) < 4.78 is -0.0636. The highest BCUT2D eigenvalue weighted by molar-refractivity contribution is 7.80. The summed E-state index contributed by atoms with van der Waals surface area (Å²) in [5, 5.41) is 5.37. The van der Waals surface area contributed by atoms with E-state index in [0.29, 0.717) is 5.02 Å². The number of nitrogens with two attached hydrogens (primary N) is 1. The maximum absolute atomic E-state index is 6.18. The Balaban J connectivity index is 2.43. The summed E-state index contributed by atoms with van der Waals surface area (Å²) in [7, 11) is 1.81. The smallest absolute Gasteiger partial charge is 0.299 e. The first kappa shape index (κ1) is 15.6. The molecule has 0 amide bonds. The molecule has 4 nitrogen and oxygen atoms in total. The van der Waals surface area contributed by atoms with Crippen LogP contribution in [0.25, 0.3) is 0 Å². The highest BCUT2D eigenvalue weighted by atomic mass is 35.5. The van der Waals surface area contributed by atoms with Gasteiger partial charge in [0.15, 0.2) is 5.69 Å². The van der Waals surface area contributed by atoms with Crippen LogP contribution in [-0.2, 0) is 0 Å². The molecule has 1 heterocycles. The van der Waals surface area contributed by atoms with E-state index in [1.165, 1.54) is 0 Å². The van der Waals surface area contributed by atoms with Crippen molar-refractivity contribution in [3.05, 3.63) is 58.9 Å². The Morgan fingerprint density at radius 2 is 2.14 bits per heavy atom. The number of rotatable bonds is 3. The predicted molar refractivity (Wildman–Crippen MR) is 92.5 cm³/mol. The average Bonchev–Trinajstić information content (AvgIpc) is 2.48. The average molecular weight is 320 g/mol. The highest BCUT2D eigenvalue weighted by Crippen LogP contribution is 2.27. The molecule has 1 atom stereocenters. The molecule has 0 radical (unpaired) electrons. The summed E-state index contributed by atoms with van der Waals surface area (Å²) in [6.45, 7) is 1.94. The molecule has 21 heavy (non-hydrogen) atoms. The summed E-state index contributed by atoms with van der Waals surface area (Å²) in [5.74, 6) is 0. The summed E-state index contributed by atoms with van der Waals surface area (Å²) in [5.41, 5.74) is 8.40. The van der Waals surface area contributed by atoms with Crippen molar-refractivity contribution >= 4 is 40.8 Å². The van der Waals surface area contributed by atoms with E-state index >= 15 is 0 Å². The van der Waals surface area contributed by atoms with Crippen molar-refractivity contribution in [2.45, 2.75) is 6.92 Å². The molecule has 0 fully saturated rings. The third kappa shape index (κ3) is 3.44. The zero-order chi connectivity index (χ0) is 15.5. The van der Waals surface area contributed by atoms with Gasteiger partial charge in [-0.2, -0.15) is 0 Å². The van der Waals surface area contributed by atoms with Gasteiger partial charge < -0.3 is 5.73 Å². The Morgan fingerprint density at radius 3 is 2.71 bits per heavy atom. The van der Waals surface area contributed by atoms with Gasteiger partial charge in [0.1, 0.15) is 13.3 Å². The van der Waals surface area contributed by atoms with Gasteiger partial charge in [0.25, 0.3) is 5.11 Å². The van der Waals surface area contributed by atoms with Crippen LogP contribution in [0.2, 0.25) is 5.02 Å². The van der Waals surface area contributed by atoms with Gasteiger partial charge >= 0.3 is 0 Å². The van der Waals surface area contributed by atoms with Gasteiger partial charge in [-0.1, -0.05) is 28.8 Å². The van der Waals surface area contributed by atoms with Crippen LogP contribution in [0.4, 0.5) is 5.69 Å². The molecule has 108 valence electrons. The number of nitrogens with zero attached hydrogens (tertiary/aromatic N) is 3. The lowest BCUT2D eigenvalue weighted by molar-refractivity contribution is 0.529. The maximum atomic E-state index is 6.18. The number of hydrogen-bond donors (Lipinski definition) is 1. The van der Waals surface area contributed by atoms with Gasteiger partial charge in [-0.15, -0.1) is 4.59 Å². The first-order chi connectivity index (χ1) is 9.93. The second-order valence-corrected chi connectivity index (χ2v) is 5.56. The number of aromatic nitrogens is 1. The molecule has 0 saturated carbocycles. The van der Waals surface area contributed by atoms with Gasteiger partial charge in [0.05, 0.1) is 5.69 Å². The van der Waals surface area contributed by atoms with Crippen molar-refractivity contribution in [3.8, 4) is 0 Å². The zero-order valence-electron chi connectivity index (χ0n) is 11.8. The minimum atomic E-state index is -0.0636. The predicted octanol–water partition coefficient (Wildman–Crippen LogP) is 3.26. The molecule has 1 aromatic heterocycles. The second kappa shape index (κ2) is 6.30. The van der Waals surface area contributed by atoms with Gasteiger partial charge in [0.2, 0.25) is 0 Å². The van der Waals surface area contributed by atoms with Crippen LogP contribution in [-0.4, -0.2) is 23.4 Å². The van der Waals surface area contributed by atoms with Crippen molar-refractivity contribution in [2.24, 2.45) is 10.8 Å². The molecule has 2 N–H and O–H groups in total. The minimum absolute atomic E-state index is 0.0636. The lowest BCUT2D eigenvalue weighted by Gasteiger charge is -2.24. The van der Waals surface area contributed by atoms with Gasteiger partial charge in [-0.3, -0.25) is 4.98 Å². The standard InChI is InChI=1S/C15H15ClN4S/c1-11-6-7-13(9-14(11)16)20(2,15(17)21)19-10-12-5-3-4-8-18-12/h3-10H,1-2H3,(H-,17,21)/p+1/b19-10-. The second-order valence-electron chi connectivity index (χ2n) is 4.73. The SMILES string of the molecule is Cc1ccc([N+](C)(/N=C\c2ccccn2)C(N)=S)cc1Cl. The van der Waals surface area contributed by atoms with Crippen molar-refractivity contribution in [1.29, 1.82) is 0 Å². The fraction of sp³-hybridized carbons (Fsp3) is 0.133. The van der Waals surface area contributed by atoms with E-state index in [-0.39, 0.29) is 9.70 Å². The van der Waals surface area contributed by atoms with E-state index in [9.17, 15) is 0 Å². The van der Waals surface area contributed by atoms with E-state index in [1.54, 1.807) is 12.4 Å². The number of aryl methyl sites for hydroxylation is 1. The van der Waals surface area contributed by atoms with Crippen molar-refractivity contribution in [2.75, 3.05) is 7.05 Å². The largest absolute Gasteiger partial charge is 0.342 e. The molecule has 0 aliphatic carbocycles. The maximum Gasteiger partial charge on any atom is 0.299 e. The fourth-order valence-electron chi connectivity index (χ4n) is 1.73. The Hall–Kier alpha value is -1.82. The lowest BCUT2D eigenvalue weighted by Crippen LogP contribution is -2.49. The van der Waals surface area contributed by atoms with Gasteiger partial charge in [0, 0.05) is 35.6 Å². The molecule has 1 aromatic carbocycles. The molecule has 0 aliphatic heterocycles. The highest BCUT2D eigenvalue weighted by Gasteiger charge is 2.30. The van der Waals surface area contributed by atoms with E-state index in [1.807, 2.05) is 50.4 Å². The van der Waals surface area contributed by atoms with Gasteiger partial charge in [-0.25, -0.2) is 0 Å². The number of pyridine rings is 1. The lowest BCUT2D eigenvalue weighted by atomic mass is 10.2. The Kier molecular flexibility index (Phi) is 4.67. The number of quaternary nitrogens is 1. The minimum Gasteiger partial charge on any atom is -0.342 e. The van der Waals surface area contributed by atoms with E-state index in [4.69, 9.17) is 29.6 Å². The van der Waals surface area contributed by atoms with Crippen LogP contribution in [0.15, 0.2) is 47.7 Å². The number of hydrogen-bond acceptors (Lipinski definition) is 3. The number of benzene rings is 1. The molecule has 0 bridgehead atoms. The van der Waals surface area contributed by atoms with Crippen molar-refractivity contribution in [1.82, 2.24) is 9.58 Å². The third-order valence-electron chi connectivity index (χ3n) is 3.20. The summed E-state index contributed by atoms with van der Waals surface area (Å²) in [6.07, 6.45) is 3.35. The van der Waals surface area contributed by atoms with Crippen LogP contribution < -0.4 is 10.3 Å². The molecule has 1 unspecified atom stereocenters. The van der Waals surface area contributed by atoms with E-state index in [0.717, 1.165) is 16.9 Å². The number of thiocarbonyl (C=S) groups is 1. The zero-order valence-corrected chi connectivity index (χ0v) is 13.4. The van der Waals surface area contributed by atoms with Crippen LogP contribution >= 0.6 is 23.8 Å². The normalized spacial score (nSPS) is 14.0. The summed E-state index contributed by atoms with van der Waals surface area (Å²) in [6, 6.07) is 11.3. The molecule has 2 rings (SSSR count). The van der Waals surface area contributed by atoms with Crippen LogP contribution in [0.5, 0.6) is 0 Å². The van der Waals surface area contributed by atoms with Crippen molar-refractivity contribution < 1.29 is 0 Å². The molecule has 0 saturated heterocycles. The summed E-state index contributed by atoms with van der Waals surface area (Å²) >= 11 is 11.4. The Labute approximate surface area is 134 Å². The Morgan fingerprint density at radius 1 is 1.38 bits per heavy atom. The summed E-state index contributed by atoms with van der Waals surface area (Å²) in [4.78, 5) is 4.20. The van der Waals surface area contributed by atoms with Crippen molar-refractivity contribution in [3.63, 3.8) is 0 Å². The fourth-order valence-corrected chi connectivity index (χ4v) is 2.06. The molecule has 2 aromatic rings. The van der Waals surface area contributed by atoms with Crippen LogP contribution in [0.3, 0.4) is 0 Å². The molecular weight excluding hydrogens is 304 g/mol. The molecular formula is C15H16ClN4S+. The number of halogens is 1. The Bertz CT molecular complexity index is 687. The molecule has 6 heteroatoms. The quantitative estimate of drug-likeness (QED) is 0.409. The van der Waals surface area contributed by atoms with Crippen LogP contribution in [0, 0.1) is 6.92 Å². The molecule has 0 spiro atoms. The van der Waals surface area contributed by atoms with E-state index in [2.05, 4.69) is 10.1 Å². The first-order valence-electron chi connectivity index (χ1n) is 6.33. The molecule has 0 aliphatic rings. The first-order valence-corrected chi connectivity index (χ1v) is 7.12. The topological polar surface area (TPSA) is 51.3 Å². The van der Waals surface area contributed by atoms with E-state index < -0.39 is 0 Å². The monoisotopic (exact) mass is 319 g/mol. The van der Waals surface area contributed by atoms with Crippen LogP contribution in [0.1, 0.15) is 11.3 Å². The third-order valence-corrected chi connectivity index (χ3v) is 3.96. The van der Waals surface area contributed by atoms with Gasteiger partial charge in [-0.05, 0) is 24.6 Å².